The van der Waals surface area contributed by atoms with E-state index in [1.165, 1.54) is 0 Å². The van der Waals surface area contributed by atoms with Gasteiger partial charge in [-0.2, -0.15) is 4.98 Å². The third kappa shape index (κ3) is 3.74. The van der Waals surface area contributed by atoms with E-state index in [0.29, 0.717) is 18.4 Å². The maximum atomic E-state index is 5.82. The average molecular weight is 307 g/mol. The molecule has 3 aromatic rings. The van der Waals surface area contributed by atoms with Crippen molar-refractivity contribution in [2.24, 2.45) is 5.92 Å². The van der Waals surface area contributed by atoms with Crippen molar-refractivity contribution in [2.75, 3.05) is 11.1 Å². The highest BCUT2D eigenvalue weighted by Gasteiger charge is 2.06. The fraction of sp³-hybridized carbons (Fsp3) is 0.278. The molecule has 1 aromatic carbocycles. The molecular formula is C18H21N5. The third-order valence-electron chi connectivity index (χ3n) is 3.59. The van der Waals surface area contributed by atoms with E-state index < -0.39 is 0 Å². The number of hydrogen-bond acceptors (Lipinski definition) is 5. The van der Waals surface area contributed by atoms with Crippen LogP contribution in [-0.4, -0.2) is 15.0 Å². The molecule has 23 heavy (non-hydrogen) atoms. The first-order chi connectivity index (χ1) is 11.1. The molecule has 0 radical (unpaired) electrons. The Balaban J connectivity index is 1.81. The van der Waals surface area contributed by atoms with Gasteiger partial charge in [-0.15, -0.1) is 0 Å². The van der Waals surface area contributed by atoms with Crippen LogP contribution in [0.15, 0.2) is 42.6 Å². The Morgan fingerprint density at radius 2 is 1.96 bits per heavy atom. The summed E-state index contributed by atoms with van der Waals surface area (Å²) in [6, 6.07) is 12.2. The quantitative estimate of drug-likeness (QED) is 0.755. The van der Waals surface area contributed by atoms with Crippen molar-refractivity contribution in [3.05, 3.63) is 53.9 Å². The predicted molar refractivity (Wildman–Crippen MR) is 94.1 cm³/mol. The van der Waals surface area contributed by atoms with Crippen molar-refractivity contribution >= 4 is 22.7 Å². The van der Waals surface area contributed by atoms with Crippen LogP contribution >= 0.6 is 0 Å². The Bertz CT molecular complexity index is 808. The molecule has 0 saturated carbocycles. The van der Waals surface area contributed by atoms with Crippen molar-refractivity contribution in [3.8, 4) is 0 Å². The number of nitrogens with zero attached hydrogens (tertiary/aromatic N) is 3. The van der Waals surface area contributed by atoms with Crippen LogP contribution in [0.4, 0.5) is 11.8 Å². The Morgan fingerprint density at radius 3 is 2.78 bits per heavy atom. The normalized spacial score (nSPS) is 11.1. The van der Waals surface area contributed by atoms with E-state index in [0.717, 1.165) is 34.4 Å². The van der Waals surface area contributed by atoms with Crippen LogP contribution in [-0.2, 0) is 13.0 Å². The molecule has 0 aliphatic heterocycles. The van der Waals surface area contributed by atoms with Gasteiger partial charge in [0.1, 0.15) is 5.82 Å². The minimum absolute atomic E-state index is 0.307. The lowest BCUT2D eigenvalue weighted by Crippen LogP contribution is -2.08. The van der Waals surface area contributed by atoms with Gasteiger partial charge >= 0.3 is 0 Å². The molecule has 0 aliphatic rings. The molecule has 0 unspecified atom stereocenters. The number of nitrogens with two attached hydrogens (primary N) is 1. The summed E-state index contributed by atoms with van der Waals surface area (Å²) in [6.45, 7) is 4.96. The van der Waals surface area contributed by atoms with Gasteiger partial charge in [-0.25, -0.2) is 4.98 Å². The minimum Gasteiger partial charge on any atom is -0.368 e. The van der Waals surface area contributed by atoms with Crippen LogP contribution in [0, 0.1) is 5.92 Å². The number of anilines is 2. The van der Waals surface area contributed by atoms with E-state index in [1.807, 2.05) is 24.4 Å². The standard InChI is InChI=1S/C18H21N5/c1-12(2)9-15-10-16(23-18(19)22-15)21-11-14-6-3-5-13-7-4-8-20-17(13)14/h3-8,10,12H,9,11H2,1-2H3,(H3,19,21,22,23). The summed E-state index contributed by atoms with van der Waals surface area (Å²) >= 11 is 0. The fourth-order valence-electron chi connectivity index (χ4n) is 2.63. The van der Waals surface area contributed by atoms with Gasteiger partial charge in [-0.1, -0.05) is 38.1 Å². The first kappa shape index (κ1) is 15.2. The zero-order chi connectivity index (χ0) is 16.2. The highest BCUT2D eigenvalue weighted by molar-refractivity contribution is 5.81. The molecule has 0 bridgehead atoms. The molecule has 3 N–H and O–H groups in total. The molecule has 0 atom stereocenters. The first-order valence-corrected chi connectivity index (χ1v) is 7.82. The SMILES string of the molecule is CC(C)Cc1cc(NCc2cccc3cccnc23)nc(N)n1. The average Bonchev–Trinajstić information content (AvgIpc) is 2.51. The second-order valence-corrected chi connectivity index (χ2v) is 6.05. The van der Waals surface area contributed by atoms with Crippen LogP contribution in [0.5, 0.6) is 0 Å². The Labute approximate surface area is 136 Å². The van der Waals surface area contributed by atoms with Crippen molar-refractivity contribution < 1.29 is 0 Å². The molecule has 5 heteroatoms. The molecule has 2 aromatic heterocycles. The molecular weight excluding hydrogens is 286 g/mol. The first-order valence-electron chi connectivity index (χ1n) is 7.82. The van der Waals surface area contributed by atoms with E-state index in [4.69, 9.17) is 5.73 Å². The van der Waals surface area contributed by atoms with E-state index in [-0.39, 0.29) is 0 Å². The lowest BCUT2D eigenvalue weighted by Gasteiger charge is -2.11. The number of nitrogens with one attached hydrogen (secondary N) is 1. The third-order valence-corrected chi connectivity index (χ3v) is 3.59. The maximum absolute atomic E-state index is 5.82. The number of rotatable bonds is 5. The zero-order valence-corrected chi connectivity index (χ0v) is 13.5. The summed E-state index contributed by atoms with van der Waals surface area (Å²) in [5.74, 6) is 1.59. The smallest absolute Gasteiger partial charge is 0.222 e. The van der Waals surface area contributed by atoms with E-state index in [9.17, 15) is 0 Å². The Morgan fingerprint density at radius 1 is 1.13 bits per heavy atom. The van der Waals surface area contributed by atoms with E-state index in [1.54, 1.807) is 0 Å². The van der Waals surface area contributed by atoms with Gasteiger partial charge in [0.15, 0.2) is 0 Å². The van der Waals surface area contributed by atoms with Gasteiger partial charge in [0.2, 0.25) is 5.95 Å². The molecule has 0 spiro atoms. The molecule has 118 valence electrons. The van der Waals surface area contributed by atoms with Crippen LogP contribution in [0.25, 0.3) is 10.9 Å². The Hall–Kier alpha value is -2.69. The van der Waals surface area contributed by atoms with E-state index in [2.05, 4.69) is 52.3 Å². The molecule has 0 fully saturated rings. The van der Waals surface area contributed by atoms with Gasteiger partial charge in [0.25, 0.3) is 0 Å². The van der Waals surface area contributed by atoms with Crippen LogP contribution < -0.4 is 11.1 Å². The summed E-state index contributed by atoms with van der Waals surface area (Å²) < 4.78 is 0. The van der Waals surface area contributed by atoms with Crippen molar-refractivity contribution in [2.45, 2.75) is 26.8 Å². The minimum atomic E-state index is 0.307. The van der Waals surface area contributed by atoms with Crippen LogP contribution in [0.3, 0.4) is 0 Å². The van der Waals surface area contributed by atoms with Gasteiger partial charge in [-0.05, 0) is 24.0 Å². The van der Waals surface area contributed by atoms with Crippen molar-refractivity contribution in [1.29, 1.82) is 0 Å². The predicted octanol–water partition coefficient (Wildman–Crippen LogP) is 3.42. The topological polar surface area (TPSA) is 76.7 Å². The molecule has 3 rings (SSSR count). The summed E-state index contributed by atoms with van der Waals surface area (Å²) in [6.07, 6.45) is 2.70. The molecule has 5 nitrogen and oxygen atoms in total. The second-order valence-electron chi connectivity index (χ2n) is 6.05. The van der Waals surface area contributed by atoms with Gasteiger partial charge < -0.3 is 11.1 Å². The lowest BCUT2D eigenvalue weighted by molar-refractivity contribution is 0.635. The number of fused-ring (bicyclic) bond motifs is 1. The number of para-hydroxylation sites is 1. The number of hydrogen-bond donors (Lipinski definition) is 2. The zero-order valence-electron chi connectivity index (χ0n) is 13.5. The largest absolute Gasteiger partial charge is 0.368 e. The lowest BCUT2D eigenvalue weighted by atomic mass is 10.1. The monoisotopic (exact) mass is 307 g/mol. The molecule has 0 amide bonds. The van der Waals surface area contributed by atoms with Crippen molar-refractivity contribution in [1.82, 2.24) is 15.0 Å². The summed E-state index contributed by atoms with van der Waals surface area (Å²) in [5.41, 5.74) is 8.92. The molecule has 2 heterocycles. The van der Waals surface area contributed by atoms with Gasteiger partial charge in [-0.3, -0.25) is 4.98 Å². The molecule has 0 saturated heterocycles. The maximum Gasteiger partial charge on any atom is 0.222 e. The second kappa shape index (κ2) is 6.60. The number of aromatic nitrogens is 3. The highest BCUT2D eigenvalue weighted by Crippen LogP contribution is 2.18. The summed E-state index contributed by atoms with van der Waals surface area (Å²) in [4.78, 5) is 13.0. The van der Waals surface area contributed by atoms with Gasteiger partial charge in [0.05, 0.1) is 5.52 Å². The molecule has 0 aliphatic carbocycles. The van der Waals surface area contributed by atoms with Crippen LogP contribution in [0.2, 0.25) is 0 Å². The summed E-state index contributed by atoms with van der Waals surface area (Å²) in [7, 11) is 0. The summed E-state index contributed by atoms with van der Waals surface area (Å²) in [5, 5.41) is 4.47. The van der Waals surface area contributed by atoms with E-state index >= 15 is 0 Å². The van der Waals surface area contributed by atoms with Crippen LogP contribution in [0.1, 0.15) is 25.1 Å². The number of pyridine rings is 1. The number of nitrogen functional groups attached to an aromatic ring is 1. The van der Waals surface area contributed by atoms with Gasteiger partial charge in [0, 0.05) is 29.9 Å². The Kier molecular flexibility index (Phi) is 4.37. The highest BCUT2D eigenvalue weighted by atomic mass is 15.1. The van der Waals surface area contributed by atoms with Crippen molar-refractivity contribution in [3.63, 3.8) is 0 Å². The fourth-order valence-corrected chi connectivity index (χ4v) is 2.63. The number of benzene rings is 1.